The van der Waals surface area contributed by atoms with Gasteiger partial charge in [0.15, 0.2) is 6.79 Å². The SMILES string of the molecule is NCC(O)c1c(Cl)ccc2c1COCO2. The fourth-order valence-electron chi connectivity index (χ4n) is 1.63. The molecule has 0 saturated heterocycles. The fraction of sp³-hybridized carbons (Fsp3) is 0.400. The van der Waals surface area contributed by atoms with Gasteiger partial charge in [0.05, 0.1) is 12.7 Å². The number of benzene rings is 1. The lowest BCUT2D eigenvalue weighted by Crippen LogP contribution is -2.18. The van der Waals surface area contributed by atoms with Gasteiger partial charge in [-0.3, -0.25) is 0 Å². The average Bonchev–Trinajstić information content (AvgIpc) is 2.28. The second-order valence-electron chi connectivity index (χ2n) is 3.30. The highest BCUT2D eigenvalue weighted by molar-refractivity contribution is 6.31. The van der Waals surface area contributed by atoms with E-state index in [0.717, 1.165) is 5.56 Å². The highest BCUT2D eigenvalue weighted by Gasteiger charge is 2.21. The summed E-state index contributed by atoms with van der Waals surface area (Å²) < 4.78 is 10.4. The summed E-state index contributed by atoms with van der Waals surface area (Å²) in [5.74, 6) is 0.702. The van der Waals surface area contributed by atoms with E-state index in [0.29, 0.717) is 22.9 Å². The number of fused-ring (bicyclic) bond motifs is 1. The number of halogens is 1. The molecule has 1 heterocycles. The molecule has 0 spiro atoms. The molecule has 0 aliphatic carbocycles. The molecule has 0 radical (unpaired) electrons. The number of hydrogen-bond acceptors (Lipinski definition) is 4. The number of rotatable bonds is 2. The van der Waals surface area contributed by atoms with Gasteiger partial charge >= 0.3 is 0 Å². The average molecular weight is 230 g/mol. The summed E-state index contributed by atoms with van der Waals surface area (Å²) in [5, 5.41) is 10.2. The lowest BCUT2D eigenvalue weighted by atomic mass is 10.0. The Morgan fingerprint density at radius 2 is 2.33 bits per heavy atom. The molecule has 2 rings (SSSR count). The predicted octanol–water partition coefficient (Wildman–Crippen LogP) is 1.20. The normalized spacial score (nSPS) is 16.7. The second kappa shape index (κ2) is 4.37. The van der Waals surface area contributed by atoms with Crippen LogP contribution in [0.3, 0.4) is 0 Å². The molecule has 0 fully saturated rings. The first-order chi connectivity index (χ1) is 7.24. The molecule has 0 saturated carbocycles. The van der Waals surface area contributed by atoms with Crippen molar-refractivity contribution in [2.24, 2.45) is 5.73 Å². The van der Waals surface area contributed by atoms with E-state index in [9.17, 15) is 5.11 Å². The van der Waals surface area contributed by atoms with Crippen molar-refractivity contribution < 1.29 is 14.6 Å². The van der Waals surface area contributed by atoms with Gasteiger partial charge < -0.3 is 20.3 Å². The van der Waals surface area contributed by atoms with Crippen LogP contribution in [-0.4, -0.2) is 18.4 Å². The van der Waals surface area contributed by atoms with Gasteiger partial charge in [0.25, 0.3) is 0 Å². The molecule has 0 amide bonds. The summed E-state index contributed by atoms with van der Waals surface area (Å²) in [6.45, 7) is 0.741. The maximum atomic E-state index is 9.75. The number of aliphatic hydroxyl groups excluding tert-OH is 1. The molecule has 0 bridgehead atoms. The zero-order valence-electron chi connectivity index (χ0n) is 8.07. The summed E-state index contributed by atoms with van der Waals surface area (Å²) in [6, 6.07) is 3.47. The molecule has 1 unspecified atom stereocenters. The molecule has 1 atom stereocenters. The van der Waals surface area contributed by atoms with E-state index in [1.54, 1.807) is 12.1 Å². The highest BCUT2D eigenvalue weighted by atomic mass is 35.5. The molecule has 1 aliphatic rings. The molecule has 5 heteroatoms. The van der Waals surface area contributed by atoms with Gasteiger partial charge in [-0.25, -0.2) is 0 Å². The number of aliphatic hydroxyl groups is 1. The summed E-state index contributed by atoms with van der Waals surface area (Å²) >= 11 is 6.01. The molecule has 1 aromatic rings. The van der Waals surface area contributed by atoms with Crippen molar-refractivity contribution in [1.29, 1.82) is 0 Å². The Morgan fingerprint density at radius 3 is 3.07 bits per heavy atom. The molecule has 82 valence electrons. The first-order valence-corrected chi connectivity index (χ1v) is 5.01. The largest absolute Gasteiger partial charge is 0.467 e. The minimum atomic E-state index is -0.780. The van der Waals surface area contributed by atoms with Crippen LogP contribution < -0.4 is 10.5 Å². The third-order valence-corrected chi connectivity index (χ3v) is 2.69. The van der Waals surface area contributed by atoms with Crippen molar-refractivity contribution in [1.82, 2.24) is 0 Å². The quantitative estimate of drug-likeness (QED) is 0.800. The van der Waals surface area contributed by atoms with Gasteiger partial charge in [-0.1, -0.05) is 11.6 Å². The van der Waals surface area contributed by atoms with E-state index in [1.807, 2.05) is 0 Å². The summed E-state index contributed by atoms with van der Waals surface area (Å²) in [4.78, 5) is 0. The van der Waals surface area contributed by atoms with E-state index >= 15 is 0 Å². The Morgan fingerprint density at radius 1 is 1.53 bits per heavy atom. The minimum absolute atomic E-state index is 0.121. The van der Waals surface area contributed by atoms with E-state index in [1.165, 1.54) is 0 Å². The molecule has 1 aliphatic heterocycles. The van der Waals surface area contributed by atoms with Crippen molar-refractivity contribution in [2.45, 2.75) is 12.7 Å². The van der Waals surface area contributed by atoms with Crippen molar-refractivity contribution in [3.8, 4) is 5.75 Å². The van der Waals surface area contributed by atoms with Crippen LogP contribution in [0.5, 0.6) is 5.75 Å². The van der Waals surface area contributed by atoms with Gasteiger partial charge in [-0.05, 0) is 12.1 Å². The maximum absolute atomic E-state index is 9.75. The maximum Gasteiger partial charge on any atom is 0.189 e. The topological polar surface area (TPSA) is 64.7 Å². The van der Waals surface area contributed by atoms with Crippen molar-refractivity contribution in [3.05, 3.63) is 28.3 Å². The Kier molecular flexibility index (Phi) is 3.11. The third kappa shape index (κ3) is 1.94. The number of nitrogens with two attached hydrogens (primary N) is 1. The number of hydrogen-bond donors (Lipinski definition) is 2. The summed E-state index contributed by atoms with van der Waals surface area (Å²) in [7, 11) is 0. The summed E-state index contributed by atoms with van der Waals surface area (Å²) in [6.07, 6.45) is -0.780. The van der Waals surface area contributed by atoms with Crippen LogP contribution in [0.15, 0.2) is 12.1 Å². The van der Waals surface area contributed by atoms with Gasteiger partial charge in [-0.15, -0.1) is 0 Å². The highest BCUT2D eigenvalue weighted by Crippen LogP contribution is 2.35. The van der Waals surface area contributed by atoms with Crippen LogP contribution in [0.25, 0.3) is 0 Å². The summed E-state index contributed by atoms with van der Waals surface area (Å²) in [5.41, 5.74) is 6.81. The van der Waals surface area contributed by atoms with Crippen molar-refractivity contribution in [3.63, 3.8) is 0 Å². The molecule has 0 aromatic heterocycles. The van der Waals surface area contributed by atoms with Crippen LogP contribution in [0, 0.1) is 0 Å². The molecule has 1 aromatic carbocycles. The molecule has 4 nitrogen and oxygen atoms in total. The lowest BCUT2D eigenvalue weighted by Gasteiger charge is -2.23. The van der Waals surface area contributed by atoms with E-state index in [-0.39, 0.29) is 13.3 Å². The smallest absolute Gasteiger partial charge is 0.189 e. The first-order valence-electron chi connectivity index (χ1n) is 4.64. The van der Waals surface area contributed by atoms with Crippen molar-refractivity contribution >= 4 is 11.6 Å². The third-order valence-electron chi connectivity index (χ3n) is 2.36. The van der Waals surface area contributed by atoms with Crippen molar-refractivity contribution in [2.75, 3.05) is 13.3 Å². The molecule has 3 N–H and O–H groups in total. The van der Waals surface area contributed by atoms with Gasteiger partial charge in [0.1, 0.15) is 5.75 Å². The fourth-order valence-corrected chi connectivity index (χ4v) is 1.93. The Balaban J connectivity index is 2.50. The molecular formula is C10H12ClNO3. The zero-order valence-corrected chi connectivity index (χ0v) is 8.83. The molecular weight excluding hydrogens is 218 g/mol. The second-order valence-corrected chi connectivity index (χ2v) is 3.71. The first kappa shape index (κ1) is 10.7. The Labute approximate surface area is 92.5 Å². The minimum Gasteiger partial charge on any atom is -0.467 e. The van der Waals surface area contributed by atoms with Gasteiger partial charge in [-0.2, -0.15) is 0 Å². The van der Waals surface area contributed by atoms with Crippen LogP contribution in [-0.2, 0) is 11.3 Å². The van der Waals surface area contributed by atoms with E-state index in [2.05, 4.69) is 0 Å². The Bertz CT molecular complexity index is 370. The Hall–Kier alpha value is -0.810. The van der Waals surface area contributed by atoms with Gasteiger partial charge in [0, 0.05) is 22.7 Å². The van der Waals surface area contributed by atoms with Gasteiger partial charge in [0.2, 0.25) is 0 Å². The number of ether oxygens (including phenoxy) is 2. The van der Waals surface area contributed by atoms with Crippen LogP contribution in [0.4, 0.5) is 0 Å². The van der Waals surface area contributed by atoms with Crippen LogP contribution >= 0.6 is 11.6 Å². The van der Waals surface area contributed by atoms with E-state index in [4.69, 9.17) is 26.8 Å². The predicted molar refractivity (Wildman–Crippen MR) is 55.8 cm³/mol. The van der Waals surface area contributed by atoms with Crippen LogP contribution in [0.2, 0.25) is 5.02 Å². The molecule has 15 heavy (non-hydrogen) atoms. The standard InChI is InChI=1S/C10H12ClNO3/c11-7-1-2-9-6(4-14-5-15-9)10(7)8(13)3-12/h1-2,8,13H,3-5,12H2. The monoisotopic (exact) mass is 229 g/mol. The van der Waals surface area contributed by atoms with Crippen LogP contribution in [0.1, 0.15) is 17.2 Å². The zero-order chi connectivity index (χ0) is 10.8. The van der Waals surface area contributed by atoms with E-state index < -0.39 is 6.10 Å². The lowest BCUT2D eigenvalue weighted by molar-refractivity contribution is -0.0179.